The van der Waals surface area contributed by atoms with Gasteiger partial charge in [0.1, 0.15) is 0 Å². The first-order valence-electron chi connectivity index (χ1n) is 5.39. The molecular formula is C14H12BrN2O+. The highest BCUT2D eigenvalue weighted by molar-refractivity contribution is 9.10. The molecule has 1 aromatic heterocycles. The molecule has 3 nitrogen and oxygen atoms in total. The molecule has 0 unspecified atom stereocenters. The summed E-state index contributed by atoms with van der Waals surface area (Å²) < 4.78 is 2.73. The second-order valence-corrected chi connectivity index (χ2v) is 4.68. The van der Waals surface area contributed by atoms with Gasteiger partial charge in [-0.3, -0.25) is 4.79 Å². The third-order valence-corrected chi connectivity index (χ3v) is 2.93. The largest absolute Gasteiger partial charge is 0.398 e. The number of allylic oxidation sites excluding steroid dienone is 1. The zero-order valence-corrected chi connectivity index (χ0v) is 11.2. The lowest BCUT2D eigenvalue weighted by Crippen LogP contribution is -2.24. The third kappa shape index (κ3) is 3.28. The number of nitrogens with two attached hydrogens (primary N) is 1. The van der Waals surface area contributed by atoms with Crippen LogP contribution in [0, 0.1) is 0 Å². The fourth-order valence-electron chi connectivity index (χ4n) is 1.41. The lowest BCUT2D eigenvalue weighted by atomic mass is 10.1. The Morgan fingerprint density at radius 2 is 1.72 bits per heavy atom. The van der Waals surface area contributed by atoms with E-state index in [1.807, 2.05) is 12.1 Å². The maximum Gasteiger partial charge on any atom is 0.191 e. The Hall–Kier alpha value is -1.94. The van der Waals surface area contributed by atoms with Crippen molar-refractivity contribution in [2.75, 3.05) is 5.73 Å². The smallest absolute Gasteiger partial charge is 0.191 e. The van der Waals surface area contributed by atoms with Gasteiger partial charge in [0.2, 0.25) is 0 Å². The van der Waals surface area contributed by atoms with Crippen LogP contribution in [-0.2, 0) is 0 Å². The van der Waals surface area contributed by atoms with Gasteiger partial charge in [-0.1, -0.05) is 15.9 Å². The summed E-state index contributed by atoms with van der Waals surface area (Å²) in [5.41, 5.74) is 6.93. The summed E-state index contributed by atoms with van der Waals surface area (Å²) in [5, 5.41) is 0. The van der Waals surface area contributed by atoms with E-state index in [0.717, 1.165) is 4.47 Å². The minimum Gasteiger partial charge on any atom is -0.398 e. The molecule has 0 bridgehead atoms. The number of ketones is 1. The summed E-state index contributed by atoms with van der Waals surface area (Å²) >= 11 is 3.33. The maximum absolute atomic E-state index is 11.9. The topological polar surface area (TPSA) is 47.0 Å². The van der Waals surface area contributed by atoms with E-state index in [9.17, 15) is 4.79 Å². The Balaban J connectivity index is 2.11. The number of carbonyl (C=O) groups is 1. The first-order valence-corrected chi connectivity index (χ1v) is 6.19. The van der Waals surface area contributed by atoms with E-state index in [1.54, 1.807) is 47.4 Å². The molecule has 90 valence electrons. The van der Waals surface area contributed by atoms with Crippen LogP contribution in [0.15, 0.2) is 59.3 Å². The molecule has 2 N–H and O–H groups in total. The summed E-state index contributed by atoms with van der Waals surface area (Å²) in [6.07, 6.45) is 6.81. The molecule has 0 fully saturated rings. The van der Waals surface area contributed by atoms with Crippen LogP contribution in [0.25, 0.3) is 6.20 Å². The predicted octanol–water partition coefficient (Wildman–Crippen LogP) is 2.67. The summed E-state index contributed by atoms with van der Waals surface area (Å²) in [5.74, 6) is -0.0353. The Morgan fingerprint density at radius 1 is 1.11 bits per heavy atom. The molecule has 0 aliphatic heterocycles. The number of pyridine rings is 1. The lowest BCUT2D eigenvalue weighted by Gasteiger charge is -1.94. The molecule has 1 heterocycles. The van der Waals surface area contributed by atoms with Gasteiger partial charge >= 0.3 is 0 Å². The number of rotatable bonds is 3. The zero-order chi connectivity index (χ0) is 13.0. The average Bonchev–Trinajstić information content (AvgIpc) is 2.38. The number of halogens is 1. The number of nitrogens with zero attached hydrogens (tertiary/aromatic N) is 1. The van der Waals surface area contributed by atoms with E-state index in [2.05, 4.69) is 15.9 Å². The van der Waals surface area contributed by atoms with Crippen LogP contribution < -0.4 is 10.3 Å². The molecule has 2 aromatic rings. The normalized spacial score (nSPS) is 10.7. The van der Waals surface area contributed by atoms with Crippen LogP contribution in [0.1, 0.15) is 10.4 Å². The molecule has 2 rings (SSSR count). The Labute approximate surface area is 114 Å². The van der Waals surface area contributed by atoms with Crippen LogP contribution in [0.3, 0.4) is 0 Å². The van der Waals surface area contributed by atoms with Gasteiger partial charge in [-0.2, -0.15) is 4.57 Å². The third-order valence-electron chi connectivity index (χ3n) is 2.41. The van der Waals surface area contributed by atoms with Crippen molar-refractivity contribution in [3.05, 3.63) is 64.9 Å². The van der Waals surface area contributed by atoms with Gasteiger partial charge in [0.25, 0.3) is 0 Å². The van der Waals surface area contributed by atoms with Crippen molar-refractivity contribution in [3.8, 4) is 0 Å². The summed E-state index contributed by atoms with van der Waals surface area (Å²) in [6.45, 7) is 0. The Morgan fingerprint density at radius 3 is 2.33 bits per heavy atom. The number of benzene rings is 1. The minimum atomic E-state index is -0.0353. The van der Waals surface area contributed by atoms with E-state index < -0.39 is 0 Å². The number of carbonyl (C=O) groups excluding carboxylic acids is 1. The number of aromatic nitrogens is 1. The van der Waals surface area contributed by atoms with Crippen molar-refractivity contribution < 1.29 is 9.36 Å². The number of anilines is 1. The van der Waals surface area contributed by atoms with Gasteiger partial charge in [-0.05, 0) is 24.3 Å². The summed E-state index contributed by atoms with van der Waals surface area (Å²) in [7, 11) is 0. The fourth-order valence-corrected chi connectivity index (χ4v) is 1.68. The van der Waals surface area contributed by atoms with Crippen LogP contribution in [-0.4, -0.2) is 5.78 Å². The van der Waals surface area contributed by atoms with Crippen LogP contribution in [0.4, 0.5) is 5.69 Å². The second kappa shape index (κ2) is 5.60. The molecular weight excluding hydrogens is 292 g/mol. The number of nitrogen functional groups attached to an aromatic ring is 1. The predicted molar refractivity (Wildman–Crippen MR) is 74.9 cm³/mol. The highest BCUT2D eigenvalue weighted by Gasteiger charge is 2.02. The molecule has 0 aliphatic carbocycles. The minimum absolute atomic E-state index is 0.0353. The van der Waals surface area contributed by atoms with Gasteiger partial charge < -0.3 is 5.73 Å². The van der Waals surface area contributed by atoms with E-state index >= 15 is 0 Å². The van der Waals surface area contributed by atoms with Crippen LogP contribution in [0.5, 0.6) is 0 Å². The molecule has 0 atom stereocenters. The molecule has 0 radical (unpaired) electrons. The number of hydrogen-bond acceptors (Lipinski definition) is 2. The van der Waals surface area contributed by atoms with E-state index in [4.69, 9.17) is 5.73 Å². The van der Waals surface area contributed by atoms with Crippen LogP contribution >= 0.6 is 15.9 Å². The Bertz CT molecular complexity index is 574. The second-order valence-electron chi connectivity index (χ2n) is 3.77. The highest BCUT2D eigenvalue weighted by atomic mass is 79.9. The van der Waals surface area contributed by atoms with Gasteiger partial charge in [-0.25, -0.2) is 0 Å². The van der Waals surface area contributed by atoms with E-state index in [-0.39, 0.29) is 5.78 Å². The SMILES string of the molecule is Nc1cc[n+](/C=C/C(=O)c2ccc(Br)cc2)cc1. The van der Waals surface area contributed by atoms with Crippen molar-refractivity contribution in [3.63, 3.8) is 0 Å². The fraction of sp³-hybridized carbons (Fsp3) is 0. The molecule has 1 aromatic carbocycles. The van der Waals surface area contributed by atoms with Crippen molar-refractivity contribution in [2.24, 2.45) is 0 Å². The molecule has 4 heteroatoms. The van der Waals surface area contributed by atoms with Gasteiger partial charge in [0.15, 0.2) is 24.4 Å². The first-order chi connectivity index (χ1) is 8.65. The van der Waals surface area contributed by atoms with Crippen molar-refractivity contribution >= 4 is 33.6 Å². The quantitative estimate of drug-likeness (QED) is 0.538. The highest BCUT2D eigenvalue weighted by Crippen LogP contribution is 2.11. The first kappa shape index (κ1) is 12.5. The average molecular weight is 304 g/mol. The van der Waals surface area contributed by atoms with Crippen molar-refractivity contribution in [1.82, 2.24) is 0 Å². The Kier molecular flexibility index (Phi) is 3.89. The van der Waals surface area contributed by atoms with Crippen molar-refractivity contribution in [2.45, 2.75) is 0 Å². The summed E-state index contributed by atoms with van der Waals surface area (Å²) in [4.78, 5) is 11.9. The molecule has 0 saturated carbocycles. The molecule has 0 saturated heterocycles. The van der Waals surface area contributed by atoms with Crippen LogP contribution in [0.2, 0.25) is 0 Å². The van der Waals surface area contributed by atoms with Gasteiger partial charge in [-0.15, -0.1) is 0 Å². The maximum atomic E-state index is 11.9. The van der Waals surface area contributed by atoms with Gasteiger partial charge in [0, 0.05) is 27.9 Å². The molecule has 0 spiro atoms. The standard InChI is InChI=1S/C14H11BrN2O/c15-12-3-1-11(2-4-12)14(18)7-10-17-8-5-13(16)6-9-17/h1-10,16H/p+1/b10-7+. The van der Waals surface area contributed by atoms with Crippen molar-refractivity contribution in [1.29, 1.82) is 0 Å². The summed E-state index contributed by atoms with van der Waals surface area (Å²) in [6, 6.07) is 10.8. The van der Waals surface area contributed by atoms with E-state index in [1.165, 1.54) is 6.08 Å². The molecule has 0 amide bonds. The monoisotopic (exact) mass is 303 g/mol. The number of hydrogen-bond donors (Lipinski definition) is 1. The molecule has 0 aliphatic rings. The lowest BCUT2D eigenvalue weighted by molar-refractivity contribution is -0.568. The zero-order valence-electron chi connectivity index (χ0n) is 9.58. The molecule has 18 heavy (non-hydrogen) atoms. The van der Waals surface area contributed by atoms with Gasteiger partial charge in [0.05, 0.1) is 6.08 Å². The van der Waals surface area contributed by atoms with E-state index in [0.29, 0.717) is 11.3 Å².